The van der Waals surface area contributed by atoms with E-state index in [9.17, 15) is 5.11 Å². The smallest absolute Gasteiger partial charge is 0.151 e. The number of hydrogen-bond donors (Lipinski definition) is 2. The number of piperidine rings is 1. The third kappa shape index (κ3) is 2.04. The van der Waals surface area contributed by atoms with Crippen molar-refractivity contribution in [1.82, 2.24) is 4.98 Å². The molecule has 2 atom stereocenters. The van der Waals surface area contributed by atoms with E-state index < -0.39 is 0 Å². The topological polar surface area (TPSA) is 62.4 Å². The van der Waals surface area contributed by atoms with E-state index in [0.29, 0.717) is 5.69 Å². The SMILES string of the molecule is C[C@@H]1CN(c2ncccc2N)CC[C@H]1O. The fourth-order valence-corrected chi connectivity index (χ4v) is 2.00. The van der Waals surface area contributed by atoms with Crippen molar-refractivity contribution in [3.05, 3.63) is 18.3 Å². The van der Waals surface area contributed by atoms with Crippen molar-refractivity contribution in [2.75, 3.05) is 23.7 Å². The van der Waals surface area contributed by atoms with Gasteiger partial charge in [-0.15, -0.1) is 0 Å². The number of hydrogen-bond acceptors (Lipinski definition) is 4. The summed E-state index contributed by atoms with van der Waals surface area (Å²) >= 11 is 0. The highest BCUT2D eigenvalue weighted by Gasteiger charge is 2.25. The molecule has 0 saturated carbocycles. The second kappa shape index (κ2) is 4.06. The highest BCUT2D eigenvalue weighted by Crippen LogP contribution is 2.25. The van der Waals surface area contributed by atoms with Crippen LogP contribution in [0.15, 0.2) is 18.3 Å². The van der Waals surface area contributed by atoms with Crippen molar-refractivity contribution < 1.29 is 5.11 Å². The van der Waals surface area contributed by atoms with Gasteiger partial charge in [0, 0.05) is 19.3 Å². The Morgan fingerprint density at radius 1 is 1.60 bits per heavy atom. The number of aromatic nitrogens is 1. The van der Waals surface area contributed by atoms with E-state index in [4.69, 9.17) is 5.73 Å². The Kier molecular flexibility index (Phi) is 2.77. The number of nitrogen functional groups attached to an aromatic ring is 1. The van der Waals surface area contributed by atoms with Crippen molar-refractivity contribution in [3.8, 4) is 0 Å². The van der Waals surface area contributed by atoms with Gasteiger partial charge in [0.1, 0.15) is 0 Å². The van der Waals surface area contributed by atoms with Crippen molar-refractivity contribution in [3.63, 3.8) is 0 Å². The minimum atomic E-state index is -0.189. The van der Waals surface area contributed by atoms with Gasteiger partial charge in [0.15, 0.2) is 5.82 Å². The standard InChI is InChI=1S/C11H17N3O/c1-8-7-14(6-4-10(8)15)11-9(12)3-2-5-13-11/h2-3,5,8,10,15H,4,6-7,12H2,1H3/t8-,10-/m1/s1. The summed E-state index contributed by atoms with van der Waals surface area (Å²) in [6.07, 6.45) is 2.35. The van der Waals surface area contributed by atoms with Crippen LogP contribution in [0.25, 0.3) is 0 Å². The molecule has 2 rings (SSSR count). The molecule has 0 unspecified atom stereocenters. The Bertz CT molecular complexity index is 342. The number of nitrogens with zero attached hydrogens (tertiary/aromatic N) is 2. The molecule has 1 aromatic heterocycles. The molecule has 1 aliphatic rings. The molecule has 15 heavy (non-hydrogen) atoms. The fraction of sp³-hybridized carbons (Fsp3) is 0.545. The second-order valence-corrected chi connectivity index (χ2v) is 4.20. The first kappa shape index (κ1) is 10.2. The predicted octanol–water partition coefficient (Wildman–Crippen LogP) is 0.871. The van der Waals surface area contributed by atoms with Crippen molar-refractivity contribution in [2.24, 2.45) is 5.92 Å². The predicted molar refractivity (Wildman–Crippen MR) is 60.7 cm³/mol. The Morgan fingerprint density at radius 3 is 3.07 bits per heavy atom. The zero-order chi connectivity index (χ0) is 10.8. The molecule has 1 saturated heterocycles. The summed E-state index contributed by atoms with van der Waals surface area (Å²) in [7, 11) is 0. The molecular formula is C11H17N3O. The van der Waals surface area contributed by atoms with Crippen LogP contribution in [0.2, 0.25) is 0 Å². The number of pyridine rings is 1. The number of aliphatic hydroxyl groups excluding tert-OH is 1. The van der Waals surface area contributed by atoms with Crippen LogP contribution in [0, 0.1) is 5.92 Å². The molecule has 0 amide bonds. The lowest BCUT2D eigenvalue weighted by Gasteiger charge is -2.35. The first-order valence-corrected chi connectivity index (χ1v) is 5.32. The van der Waals surface area contributed by atoms with Crippen LogP contribution in [0.3, 0.4) is 0 Å². The molecule has 3 N–H and O–H groups in total. The summed E-state index contributed by atoms with van der Waals surface area (Å²) in [5.41, 5.74) is 6.57. The molecular weight excluding hydrogens is 190 g/mol. The number of anilines is 2. The van der Waals surface area contributed by atoms with Gasteiger partial charge in [0.2, 0.25) is 0 Å². The largest absolute Gasteiger partial charge is 0.396 e. The van der Waals surface area contributed by atoms with Gasteiger partial charge >= 0.3 is 0 Å². The summed E-state index contributed by atoms with van der Waals surface area (Å²) in [5, 5.41) is 9.63. The Balaban J connectivity index is 2.15. The zero-order valence-electron chi connectivity index (χ0n) is 8.93. The molecule has 0 aromatic carbocycles. The van der Waals surface area contributed by atoms with Crippen LogP contribution in [0.4, 0.5) is 11.5 Å². The minimum absolute atomic E-state index is 0.189. The maximum atomic E-state index is 9.63. The molecule has 0 radical (unpaired) electrons. The summed E-state index contributed by atoms with van der Waals surface area (Å²) in [4.78, 5) is 6.43. The maximum absolute atomic E-state index is 9.63. The maximum Gasteiger partial charge on any atom is 0.151 e. The third-order valence-electron chi connectivity index (χ3n) is 2.98. The number of rotatable bonds is 1. The van der Waals surface area contributed by atoms with Crippen molar-refractivity contribution >= 4 is 11.5 Å². The van der Waals surface area contributed by atoms with E-state index >= 15 is 0 Å². The quantitative estimate of drug-likeness (QED) is 0.717. The molecule has 0 bridgehead atoms. The van der Waals surface area contributed by atoms with Crippen LogP contribution >= 0.6 is 0 Å². The van der Waals surface area contributed by atoms with E-state index in [1.807, 2.05) is 12.1 Å². The minimum Gasteiger partial charge on any atom is -0.396 e. The van der Waals surface area contributed by atoms with E-state index in [1.165, 1.54) is 0 Å². The van der Waals surface area contributed by atoms with Crippen LogP contribution < -0.4 is 10.6 Å². The van der Waals surface area contributed by atoms with Crippen molar-refractivity contribution in [2.45, 2.75) is 19.4 Å². The highest BCUT2D eigenvalue weighted by molar-refractivity contribution is 5.62. The Labute approximate surface area is 89.7 Å². The van der Waals surface area contributed by atoms with Crippen LogP contribution in [0.1, 0.15) is 13.3 Å². The van der Waals surface area contributed by atoms with Gasteiger partial charge in [-0.3, -0.25) is 0 Å². The molecule has 2 heterocycles. The third-order valence-corrected chi connectivity index (χ3v) is 2.98. The van der Waals surface area contributed by atoms with Crippen LogP contribution in [-0.2, 0) is 0 Å². The summed E-state index contributed by atoms with van der Waals surface area (Å²) in [6, 6.07) is 3.69. The summed E-state index contributed by atoms with van der Waals surface area (Å²) in [6.45, 7) is 3.70. The lowest BCUT2D eigenvalue weighted by Crippen LogP contribution is -2.42. The lowest BCUT2D eigenvalue weighted by molar-refractivity contribution is 0.0969. The second-order valence-electron chi connectivity index (χ2n) is 4.20. The summed E-state index contributed by atoms with van der Waals surface area (Å²) < 4.78 is 0. The van der Waals surface area contributed by atoms with Crippen LogP contribution in [0.5, 0.6) is 0 Å². The molecule has 4 heteroatoms. The van der Waals surface area contributed by atoms with Gasteiger partial charge in [-0.1, -0.05) is 6.92 Å². The molecule has 1 aliphatic heterocycles. The van der Waals surface area contributed by atoms with Gasteiger partial charge in [0.25, 0.3) is 0 Å². The fourth-order valence-electron chi connectivity index (χ4n) is 2.00. The van der Waals surface area contributed by atoms with E-state index in [2.05, 4.69) is 16.8 Å². The van der Waals surface area contributed by atoms with E-state index in [-0.39, 0.29) is 12.0 Å². The van der Waals surface area contributed by atoms with Gasteiger partial charge < -0.3 is 15.7 Å². The Morgan fingerprint density at radius 2 is 2.40 bits per heavy atom. The van der Waals surface area contributed by atoms with Gasteiger partial charge in [0.05, 0.1) is 11.8 Å². The van der Waals surface area contributed by atoms with Gasteiger partial charge in [-0.2, -0.15) is 0 Å². The first-order valence-electron chi connectivity index (χ1n) is 5.32. The van der Waals surface area contributed by atoms with E-state index in [0.717, 1.165) is 25.3 Å². The van der Waals surface area contributed by atoms with E-state index in [1.54, 1.807) is 6.20 Å². The molecule has 1 fully saturated rings. The van der Waals surface area contributed by atoms with Crippen LogP contribution in [-0.4, -0.2) is 29.3 Å². The van der Waals surface area contributed by atoms with Gasteiger partial charge in [-0.05, 0) is 24.5 Å². The molecule has 1 aromatic rings. The zero-order valence-corrected chi connectivity index (χ0v) is 8.93. The highest BCUT2D eigenvalue weighted by atomic mass is 16.3. The monoisotopic (exact) mass is 207 g/mol. The average molecular weight is 207 g/mol. The molecule has 4 nitrogen and oxygen atoms in total. The molecule has 0 aliphatic carbocycles. The average Bonchev–Trinajstić information content (AvgIpc) is 2.23. The lowest BCUT2D eigenvalue weighted by atomic mass is 9.97. The molecule has 0 spiro atoms. The number of aliphatic hydroxyl groups is 1. The summed E-state index contributed by atoms with van der Waals surface area (Å²) in [5.74, 6) is 1.12. The van der Waals surface area contributed by atoms with Gasteiger partial charge in [-0.25, -0.2) is 4.98 Å². The number of nitrogens with two attached hydrogens (primary N) is 1. The normalized spacial score (nSPS) is 26.7. The molecule has 82 valence electrons. The Hall–Kier alpha value is -1.29. The van der Waals surface area contributed by atoms with Crippen molar-refractivity contribution in [1.29, 1.82) is 0 Å². The first-order chi connectivity index (χ1) is 7.18.